The Morgan fingerprint density at radius 2 is 2.35 bits per heavy atom. The Kier molecular flexibility index (Phi) is 4.90. The van der Waals surface area contributed by atoms with E-state index in [0.29, 0.717) is 22.9 Å². The third-order valence-electron chi connectivity index (χ3n) is 3.75. The predicted molar refractivity (Wildman–Crippen MR) is 86.7 cm³/mol. The van der Waals surface area contributed by atoms with Crippen LogP contribution in [0.4, 0.5) is 5.69 Å². The molecule has 0 radical (unpaired) electrons. The molecule has 1 aliphatic heterocycles. The second-order valence-corrected chi connectivity index (χ2v) is 6.02. The van der Waals surface area contributed by atoms with Gasteiger partial charge in [0.15, 0.2) is 0 Å². The number of nitrogens with zero attached hydrogens (tertiary/aromatic N) is 4. The number of nitrogens with one attached hydrogen (secondary N) is 1. The zero-order chi connectivity index (χ0) is 16.2. The van der Waals surface area contributed by atoms with Crippen molar-refractivity contribution in [3.8, 4) is 5.69 Å². The third-order valence-corrected chi connectivity index (χ3v) is 3.98. The van der Waals surface area contributed by atoms with Crippen molar-refractivity contribution in [2.75, 3.05) is 25.0 Å². The highest BCUT2D eigenvalue weighted by Crippen LogP contribution is 2.24. The molecule has 8 heteroatoms. The summed E-state index contributed by atoms with van der Waals surface area (Å²) in [5.41, 5.74) is 1.27. The summed E-state index contributed by atoms with van der Waals surface area (Å²) in [5.74, 6) is -0.150. The van der Waals surface area contributed by atoms with Gasteiger partial charge in [0, 0.05) is 11.6 Å². The lowest BCUT2D eigenvalue weighted by Gasteiger charge is -2.29. The summed E-state index contributed by atoms with van der Waals surface area (Å²) in [6.45, 7) is 1.58. The van der Waals surface area contributed by atoms with Crippen LogP contribution in [0.1, 0.15) is 12.8 Å². The van der Waals surface area contributed by atoms with Gasteiger partial charge >= 0.3 is 0 Å². The van der Waals surface area contributed by atoms with Gasteiger partial charge in [-0.15, -0.1) is 0 Å². The number of halogens is 1. The minimum atomic E-state index is -0.353. The lowest BCUT2D eigenvalue weighted by atomic mass is 10.1. The fourth-order valence-electron chi connectivity index (χ4n) is 2.71. The number of aliphatic hydroxyl groups is 1. The Labute approximate surface area is 138 Å². The quantitative estimate of drug-likeness (QED) is 0.880. The maximum atomic E-state index is 12.3. The summed E-state index contributed by atoms with van der Waals surface area (Å²) in [7, 11) is 0. The first kappa shape index (κ1) is 15.9. The molecule has 1 aromatic heterocycles. The molecule has 1 saturated heterocycles. The highest BCUT2D eigenvalue weighted by Gasteiger charge is 2.20. The van der Waals surface area contributed by atoms with Crippen LogP contribution in [0.2, 0.25) is 5.02 Å². The van der Waals surface area contributed by atoms with Crippen LogP contribution in [-0.4, -0.2) is 56.4 Å². The Hall–Kier alpha value is -1.96. The lowest BCUT2D eigenvalue weighted by molar-refractivity contribution is -0.118. The molecule has 1 aromatic carbocycles. The normalized spacial score (nSPS) is 18.8. The molecule has 2 N–H and O–H groups in total. The largest absolute Gasteiger partial charge is 0.392 e. The Bertz CT molecular complexity index is 677. The van der Waals surface area contributed by atoms with Gasteiger partial charge in [-0.1, -0.05) is 11.6 Å². The predicted octanol–water partition coefficient (Wildman–Crippen LogP) is 1.32. The van der Waals surface area contributed by atoms with Gasteiger partial charge in [0.25, 0.3) is 0 Å². The number of aromatic nitrogens is 3. The van der Waals surface area contributed by atoms with Gasteiger partial charge in [-0.2, -0.15) is 5.10 Å². The van der Waals surface area contributed by atoms with Crippen LogP contribution in [-0.2, 0) is 4.79 Å². The zero-order valence-corrected chi connectivity index (χ0v) is 13.3. The minimum absolute atomic E-state index is 0.150. The van der Waals surface area contributed by atoms with E-state index in [9.17, 15) is 9.90 Å². The fraction of sp³-hybridized carbons (Fsp3) is 0.400. The average Bonchev–Trinajstić information content (AvgIpc) is 3.01. The number of β-amino-alcohol motifs (C(OH)–C–C–N with tert-alkyl or cyclic N) is 1. The number of carbonyl (C=O) groups excluding carboxylic acids is 1. The standard InChI is InChI=1S/C15H18ClN5O2/c16-11-3-4-14(21-10-17-9-18-21)13(6-11)19-15(23)8-20-5-1-2-12(22)7-20/h3-4,6,9-10,12,22H,1-2,5,7-8H2,(H,19,23). The molecule has 1 aliphatic rings. The van der Waals surface area contributed by atoms with Gasteiger partial charge in [-0.3, -0.25) is 9.69 Å². The van der Waals surface area contributed by atoms with E-state index in [1.54, 1.807) is 29.2 Å². The summed E-state index contributed by atoms with van der Waals surface area (Å²) in [6.07, 6.45) is 4.32. The highest BCUT2D eigenvalue weighted by molar-refractivity contribution is 6.31. The number of anilines is 1. The molecular weight excluding hydrogens is 318 g/mol. The van der Waals surface area contributed by atoms with Crippen LogP contribution in [0.5, 0.6) is 0 Å². The molecule has 1 fully saturated rings. The van der Waals surface area contributed by atoms with E-state index in [2.05, 4.69) is 15.4 Å². The first-order valence-corrected chi connectivity index (χ1v) is 7.84. The van der Waals surface area contributed by atoms with E-state index in [4.69, 9.17) is 11.6 Å². The number of hydrogen-bond donors (Lipinski definition) is 2. The maximum absolute atomic E-state index is 12.3. The molecule has 2 aromatic rings. The second kappa shape index (κ2) is 7.08. The molecule has 1 amide bonds. The SMILES string of the molecule is O=C(CN1CCCC(O)C1)Nc1cc(Cl)ccc1-n1cncn1. The molecule has 3 rings (SSSR count). The van der Waals surface area contributed by atoms with Crippen molar-refractivity contribution in [1.29, 1.82) is 0 Å². The van der Waals surface area contributed by atoms with Gasteiger partial charge < -0.3 is 10.4 Å². The zero-order valence-electron chi connectivity index (χ0n) is 12.5. The molecule has 122 valence electrons. The molecular formula is C15H18ClN5O2. The first-order valence-electron chi connectivity index (χ1n) is 7.46. The number of hydrogen-bond acceptors (Lipinski definition) is 5. The van der Waals surface area contributed by atoms with Crippen molar-refractivity contribution in [2.24, 2.45) is 0 Å². The topological polar surface area (TPSA) is 83.3 Å². The van der Waals surface area contributed by atoms with Crippen molar-refractivity contribution in [2.45, 2.75) is 18.9 Å². The van der Waals surface area contributed by atoms with Gasteiger partial charge in [-0.25, -0.2) is 9.67 Å². The van der Waals surface area contributed by atoms with Crippen molar-refractivity contribution in [3.05, 3.63) is 35.9 Å². The number of benzene rings is 1. The number of aliphatic hydroxyl groups excluding tert-OH is 1. The second-order valence-electron chi connectivity index (χ2n) is 5.58. The molecule has 0 spiro atoms. The maximum Gasteiger partial charge on any atom is 0.238 e. The Balaban J connectivity index is 1.72. The Morgan fingerprint density at radius 1 is 1.48 bits per heavy atom. The van der Waals surface area contributed by atoms with Crippen molar-refractivity contribution >= 4 is 23.2 Å². The molecule has 0 bridgehead atoms. The molecule has 0 aliphatic carbocycles. The summed E-state index contributed by atoms with van der Waals surface area (Å²) in [4.78, 5) is 18.2. The molecule has 0 saturated carbocycles. The summed E-state index contributed by atoms with van der Waals surface area (Å²) in [5, 5.41) is 17.1. The lowest BCUT2D eigenvalue weighted by Crippen LogP contribution is -2.42. The molecule has 2 heterocycles. The summed E-state index contributed by atoms with van der Waals surface area (Å²) < 4.78 is 1.57. The van der Waals surface area contributed by atoms with Gasteiger partial charge in [-0.05, 0) is 37.6 Å². The van der Waals surface area contributed by atoms with Gasteiger partial charge in [0.1, 0.15) is 12.7 Å². The van der Waals surface area contributed by atoms with Crippen molar-refractivity contribution in [3.63, 3.8) is 0 Å². The number of piperidine rings is 1. The molecule has 23 heavy (non-hydrogen) atoms. The van der Waals surface area contributed by atoms with Gasteiger partial charge in [0.2, 0.25) is 5.91 Å². The van der Waals surface area contributed by atoms with Crippen LogP contribution in [0.3, 0.4) is 0 Å². The van der Waals surface area contributed by atoms with Gasteiger partial charge in [0.05, 0.1) is 24.0 Å². The van der Waals surface area contributed by atoms with E-state index in [1.807, 2.05) is 4.90 Å². The van der Waals surface area contributed by atoms with Crippen LogP contribution < -0.4 is 5.32 Å². The number of likely N-dealkylation sites (tertiary alicyclic amines) is 1. The molecule has 1 unspecified atom stereocenters. The number of rotatable bonds is 4. The fourth-order valence-corrected chi connectivity index (χ4v) is 2.88. The van der Waals surface area contributed by atoms with Crippen molar-refractivity contribution in [1.82, 2.24) is 19.7 Å². The number of amides is 1. The third kappa shape index (κ3) is 4.07. The summed E-state index contributed by atoms with van der Waals surface area (Å²) in [6, 6.07) is 5.19. The summed E-state index contributed by atoms with van der Waals surface area (Å²) >= 11 is 6.03. The van der Waals surface area contributed by atoms with E-state index in [-0.39, 0.29) is 18.6 Å². The molecule has 1 atom stereocenters. The molecule has 7 nitrogen and oxygen atoms in total. The average molecular weight is 336 g/mol. The van der Waals surface area contributed by atoms with Crippen LogP contribution in [0, 0.1) is 0 Å². The van der Waals surface area contributed by atoms with E-state index in [1.165, 1.54) is 6.33 Å². The minimum Gasteiger partial charge on any atom is -0.392 e. The Morgan fingerprint density at radius 3 is 3.09 bits per heavy atom. The van der Waals surface area contributed by atoms with Crippen molar-refractivity contribution < 1.29 is 9.90 Å². The van der Waals surface area contributed by atoms with E-state index < -0.39 is 0 Å². The monoisotopic (exact) mass is 335 g/mol. The highest BCUT2D eigenvalue weighted by atomic mass is 35.5. The van der Waals surface area contributed by atoms with E-state index >= 15 is 0 Å². The van der Waals surface area contributed by atoms with Crippen LogP contribution >= 0.6 is 11.6 Å². The van der Waals surface area contributed by atoms with Crippen LogP contribution in [0.15, 0.2) is 30.9 Å². The number of carbonyl (C=O) groups is 1. The smallest absolute Gasteiger partial charge is 0.238 e. The van der Waals surface area contributed by atoms with E-state index in [0.717, 1.165) is 19.4 Å². The van der Waals surface area contributed by atoms with Crippen LogP contribution in [0.25, 0.3) is 5.69 Å². The first-order chi connectivity index (χ1) is 11.1.